The normalized spacial score (nSPS) is 12.0. The number of thiophene rings is 1. The van der Waals surface area contributed by atoms with Crippen LogP contribution in [0.4, 0.5) is 5.95 Å². The lowest BCUT2D eigenvalue weighted by molar-refractivity contribution is -0.140. The third-order valence-electron chi connectivity index (χ3n) is 4.86. The van der Waals surface area contributed by atoms with E-state index in [0.717, 1.165) is 36.3 Å². The monoisotopic (exact) mass is 461 g/mol. The maximum Gasteiger partial charge on any atom is 0.326 e. The highest BCUT2D eigenvalue weighted by atomic mass is 32.1. The number of nitrogens with one attached hydrogen (secondary N) is 3. The quantitative estimate of drug-likeness (QED) is 0.231. The predicted molar refractivity (Wildman–Crippen MR) is 118 cm³/mol. The number of nitrogens with two attached hydrogens (primary N) is 1. The molecule has 170 valence electrons. The first-order chi connectivity index (χ1) is 15.2. The highest BCUT2D eigenvalue weighted by molar-refractivity contribution is 7.10. The van der Waals surface area contributed by atoms with Crippen molar-refractivity contribution >= 4 is 46.2 Å². The van der Waals surface area contributed by atoms with Crippen molar-refractivity contribution in [2.75, 3.05) is 5.73 Å². The minimum absolute atomic E-state index is 0.0602. The molecule has 12 heteroatoms. The standard InChI is InChI=1S/C20H23N5O6S/c21-20-24-16-13(18(29)25-20)8-11(22-16)3-1-2-4-12-7-10(9-32-12)17(28)23-14(19(30)31)5-6-15(26)27/h7-9,14H,1-6H2,(H,23,28)(H,26,27)(H,30,31)(H4,21,22,24,25,29)/t14-/m0/s1. The largest absolute Gasteiger partial charge is 0.481 e. The second kappa shape index (κ2) is 10.1. The number of carboxylic acids is 2. The van der Waals surface area contributed by atoms with Gasteiger partial charge in [0.1, 0.15) is 11.7 Å². The molecule has 1 amide bonds. The number of carboxylic acid groups (broad SMARTS) is 2. The summed E-state index contributed by atoms with van der Waals surface area (Å²) in [5, 5.41) is 22.4. The van der Waals surface area contributed by atoms with E-state index in [0.29, 0.717) is 16.6 Å². The highest BCUT2D eigenvalue weighted by Gasteiger charge is 2.22. The number of aromatic nitrogens is 3. The van der Waals surface area contributed by atoms with Crippen LogP contribution in [0.3, 0.4) is 0 Å². The Hall–Kier alpha value is -3.67. The molecule has 7 N–H and O–H groups in total. The molecule has 0 saturated carbocycles. The van der Waals surface area contributed by atoms with Gasteiger partial charge in [0.15, 0.2) is 0 Å². The van der Waals surface area contributed by atoms with Crippen LogP contribution in [0.25, 0.3) is 11.0 Å². The molecule has 32 heavy (non-hydrogen) atoms. The number of nitrogens with zero attached hydrogens (tertiary/aromatic N) is 1. The van der Waals surface area contributed by atoms with Crippen LogP contribution in [0.15, 0.2) is 22.3 Å². The molecule has 3 aromatic heterocycles. The Morgan fingerprint density at radius 2 is 1.91 bits per heavy atom. The van der Waals surface area contributed by atoms with Crippen LogP contribution in [0, 0.1) is 0 Å². The van der Waals surface area contributed by atoms with E-state index in [1.807, 2.05) is 0 Å². The number of aryl methyl sites for hydroxylation is 2. The molecular weight excluding hydrogens is 438 g/mol. The number of fused-ring (bicyclic) bond motifs is 1. The van der Waals surface area contributed by atoms with E-state index in [2.05, 4.69) is 20.3 Å². The molecule has 0 saturated heterocycles. The minimum atomic E-state index is -1.27. The Morgan fingerprint density at radius 1 is 1.16 bits per heavy atom. The molecule has 3 rings (SSSR count). The zero-order valence-corrected chi connectivity index (χ0v) is 17.8. The average Bonchev–Trinajstić information content (AvgIpc) is 3.35. The average molecular weight is 462 g/mol. The molecule has 3 heterocycles. The number of anilines is 1. The van der Waals surface area contributed by atoms with Crippen molar-refractivity contribution < 1.29 is 24.6 Å². The summed E-state index contributed by atoms with van der Waals surface area (Å²) in [7, 11) is 0. The highest BCUT2D eigenvalue weighted by Crippen LogP contribution is 2.19. The summed E-state index contributed by atoms with van der Waals surface area (Å²) in [6.45, 7) is 0. The first-order valence-corrected chi connectivity index (χ1v) is 10.8. The topological polar surface area (TPSA) is 191 Å². The van der Waals surface area contributed by atoms with Gasteiger partial charge in [-0.2, -0.15) is 4.98 Å². The van der Waals surface area contributed by atoms with Crippen LogP contribution in [0.1, 0.15) is 46.6 Å². The number of unbranched alkanes of at least 4 members (excludes halogenated alkanes) is 1. The van der Waals surface area contributed by atoms with Gasteiger partial charge >= 0.3 is 11.9 Å². The number of aliphatic carboxylic acids is 2. The molecule has 0 fully saturated rings. The van der Waals surface area contributed by atoms with Gasteiger partial charge in [-0.3, -0.25) is 19.4 Å². The van der Waals surface area contributed by atoms with Gasteiger partial charge < -0.3 is 26.2 Å². The Balaban J connectivity index is 1.49. The molecule has 0 aromatic carbocycles. The second-order valence-electron chi connectivity index (χ2n) is 7.31. The number of H-pyrrole nitrogens is 2. The fourth-order valence-electron chi connectivity index (χ4n) is 3.24. The van der Waals surface area contributed by atoms with Crippen LogP contribution in [0.5, 0.6) is 0 Å². The summed E-state index contributed by atoms with van der Waals surface area (Å²) in [5.41, 5.74) is 6.95. The molecule has 0 aliphatic heterocycles. The van der Waals surface area contributed by atoms with Crippen molar-refractivity contribution in [3.05, 3.63) is 44.0 Å². The van der Waals surface area contributed by atoms with E-state index in [1.54, 1.807) is 17.5 Å². The lowest BCUT2D eigenvalue weighted by Crippen LogP contribution is -2.41. The van der Waals surface area contributed by atoms with Gasteiger partial charge in [0.2, 0.25) is 5.95 Å². The van der Waals surface area contributed by atoms with Crippen LogP contribution in [-0.2, 0) is 22.4 Å². The van der Waals surface area contributed by atoms with Gasteiger partial charge in [-0.15, -0.1) is 11.3 Å². The van der Waals surface area contributed by atoms with Gasteiger partial charge in [0.25, 0.3) is 11.5 Å². The number of rotatable bonds is 11. The second-order valence-corrected chi connectivity index (χ2v) is 8.31. The van der Waals surface area contributed by atoms with E-state index >= 15 is 0 Å². The number of aromatic amines is 2. The molecule has 0 unspecified atom stereocenters. The van der Waals surface area contributed by atoms with Crippen LogP contribution < -0.4 is 16.6 Å². The maximum atomic E-state index is 12.3. The van der Waals surface area contributed by atoms with Gasteiger partial charge in [-0.25, -0.2) is 4.79 Å². The Kier molecular flexibility index (Phi) is 7.25. The molecular formula is C20H23N5O6S. The predicted octanol–water partition coefficient (Wildman–Crippen LogP) is 1.51. The van der Waals surface area contributed by atoms with Crippen molar-refractivity contribution in [2.24, 2.45) is 0 Å². The fourth-order valence-corrected chi connectivity index (χ4v) is 4.15. The van der Waals surface area contributed by atoms with Crippen molar-refractivity contribution in [3.8, 4) is 0 Å². The van der Waals surface area contributed by atoms with Gasteiger partial charge in [0, 0.05) is 22.4 Å². The summed E-state index contributed by atoms with van der Waals surface area (Å²) >= 11 is 1.41. The van der Waals surface area contributed by atoms with Crippen LogP contribution in [0.2, 0.25) is 0 Å². The third kappa shape index (κ3) is 5.94. The number of hydrogen-bond donors (Lipinski definition) is 6. The summed E-state index contributed by atoms with van der Waals surface area (Å²) in [4.78, 5) is 56.7. The summed E-state index contributed by atoms with van der Waals surface area (Å²) in [5.74, 6) is -2.87. The molecule has 0 aliphatic carbocycles. The zero-order chi connectivity index (χ0) is 23.3. The number of amides is 1. The number of hydrogen-bond acceptors (Lipinski definition) is 7. The molecule has 0 spiro atoms. The van der Waals surface area contributed by atoms with Crippen molar-refractivity contribution in [3.63, 3.8) is 0 Å². The molecule has 1 atom stereocenters. The van der Waals surface area contributed by atoms with Crippen molar-refractivity contribution in [1.82, 2.24) is 20.3 Å². The minimum Gasteiger partial charge on any atom is -0.481 e. The smallest absolute Gasteiger partial charge is 0.326 e. The number of carbonyl (C=O) groups excluding carboxylic acids is 1. The molecule has 0 bridgehead atoms. The van der Waals surface area contributed by atoms with E-state index in [9.17, 15) is 19.2 Å². The summed E-state index contributed by atoms with van der Waals surface area (Å²) < 4.78 is 0. The Morgan fingerprint density at radius 3 is 2.62 bits per heavy atom. The Bertz CT molecular complexity index is 1200. The van der Waals surface area contributed by atoms with E-state index in [-0.39, 0.29) is 24.3 Å². The summed E-state index contributed by atoms with van der Waals surface area (Å²) in [6, 6.07) is 2.22. The van der Waals surface area contributed by atoms with Crippen molar-refractivity contribution in [2.45, 2.75) is 44.6 Å². The molecule has 0 radical (unpaired) electrons. The van der Waals surface area contributed by atoms with E-state index in [4.69, 9.17) is 15.9 Å². The van der Waals surface area contributed by atoms with E-state index < -0.39 is 23.9 Å². The fraction of sp³-hybridized carbons (Fsp3) is 0.350. The third-order valence-corrected chi connectivity index (χ3v) is 5.85. The van der Waals surface area contributed by atoms with Crippen molar-refractivity contribution in [1.29, 1.82) is 0 Å². The Labute approximate surface area is 185 Å². The molecule has 0 aliphatic rings. The van der Waals surface area contributed by atoms with E-state index in [1.165, 1.54) is 11.3 Å². The van der Waals surface area contributed by atoms with Gasteiger partial charge in [-0.05, 0) is 44.2 Å². The van der Waals surface area contributed by atoms with Gasteiger partial charge in [-0.1, -0.05) is 0 Å². The number of nitrogen functional groups attached to an aromatic ring is 1. The first kappa shape index (κ1) is 23.0. The van der Waals surface area contributed by atoms with Crippen LogP contribution in [-0.4, -0.2) is 49.1 Å². The lowest BCUT2D eigenvalue weighted by atomic mass is 10.1. The maximum absolute atomic E-state index is 12.3. The lowest BCUT2D eigenvalue weighted by Gasteiger charge is -2.12. The van der Waals surface area contributed by atoms with Gasteiger partial charge in [0.05, 0.1) is 10.9 Å². The molecule has 3 aromatic rings. The summed E-state index contributed by atoms with van der Waals surface area (Å²) in [6.07, 6.45) is 2.62. The molecule has 11 nitrogen and oxygen atoms in total. The zero-order valence-electron chi connectivity index (χ0n) is 17.0. The van der Waals surface area contributed by atoms with Crippen LogP contribution >= 0.6 is 11.3 Å². The number of carbonyl (C=O) groups is 3. The SMILES string of the molecule is Nc1nc2[nH]c(CCCCc3cc(C(=O)N[C@@H](CCC(=O)O)C(=O)O)cs3)cc2c(=O)[nH]1. The first-order valence-electron chi connectivity index (χ1n) is 9.93.